The minimum Gasteiger partial charge on any atom is -0.351 e. The molecule has 0 bridgehead atoms. The number of carbonyl (C=O) groups excluding carboxylic acids is 1. The fraction of sp³-hybridized carbons (Fsp3) is 0.500. The van der Waals surface area contributed by atoms with Gasteiger partial charge < -0.3 is 5.32 Å². The lowest BCUT2D eigenvalue weighted by Gasteiger charge is -2.24. The number of rotatable bonds is 6. The van der Waals surface area contributed by atoms with Crippen LogP contribution in [-0.2, 0) is 4.79 Å². The Morgan fingerprint density at radius 1 is 1.30 bits per heavy atom. The fourth-order valence-corrected chi connectivity index (χ4v) is 2.61. The summed E-state index contributed by atoms with van der Waals surface area (Å²) in [4.78, 5) is 12.0. The Balaban J connectivity index is 2.07. The third-order valence-corrected chi connectivity index (χ3v) is 4.79. The van der Waals surface area contributed by atoms with E-state index in [1.807, 2.05) is 39.0 Å². The Morgan fingerprint density at radius 3 is 2.70 bits per heavy atom. The number of nitrogens with one attached hydrogen (secondary N) is 1. The Morgan fingerprint density at radius 2 is 2.04 bits per heavy atom. The van der Waals surface area contributed by atoms with Crippen molar-refractivity contribution in [2.75, 3.05) is 5.75 Å². The molecule has 1 heterocycles. The highest BCUT2D eigenvalue weighted by Crippen LogP contribution is 2.20. The number of benzene rings is 1. The molecule has 0 aliphatic heterocycles. The van der Waals surface area contributed by atoms with E-state index < -0.39 is 0 Å². The van der Waals surface area contributed by atoms with E-state index in [0.29, 0.717) is 5.16 Å². The molecule has 0 aliphatic rings. The van der Waals surface area contributed by atoms with Crippen LogP contribution in [0.3, 0.4) is 0 Å². The van der Waals surface area contributed by atoms with Crippen molar-refractivity contribution in [2.24, 2.45) is 0 Å². The summed E-state index contributed by atoms with van der Waals surface area (Å²) in [5.74, 6) is 0.269. The zero-order valence-electron chi connectivity index (χ0n) is 14.3. The molecule has 2 aromatic rings. The molecular weight excluding hydrogens is 310 g/mol. The van der Waals surface area contributed by atoms with E-state index in [4.69, 9.17) is 0 Å². The first kappa shape index (κ1) is 17.5. The van der Waals surface area contributed by atoms with Gasteiger partial charge in [0.15, 0.2) is 0 Å². The zero-order valence-corrected chi connectivity index (χ0v) is 15.1. The maximum Gasteiger partial charge on any atom is 0.230 e. The van der Waals surface area contributed by atoms with E-state index in [2.05, 4.69) is 34.7 Å². The van der Waals surface area contributed by atoms with E-state index in [-0.39, 0.29) is 17.2 Å². The average molecular weight is 333 g/mol. The molecule has 0 aliphatic carbocycles. The van der Waals surface area contributed by atoms with Crippen LogP contribution in [-0.4, -0.2) is 37.4 Å². The number of hydrogen-bond acceptors (Lipinski definition) is 5. The normalized spacial score (nSPS) is 11.5. The highest BCUT2D eigenvalue weighted by molar-refractivity contribution is 7.99. The highest BCUT2D eigenvalue weighted by Gasteiger charge is 2.19. The maximum atomic E-state index is 12.0. The van der Waals surface area contributed by atoms with Crippen LogP contribution < -0.4 is 5.32 Å². The number of tetrazole rings is 1. The molecule has 1 N–H and O–H groups in total. The molecule has 2 rings (SSSR count). The Labute approximate surface area is 141 Å². The van der Waals surface area contributed by atoms with E-state index >= 15 is 0 Å². The first-order chi connectivity index (χ1) is 10.8. The molecule has 7 heteroatoms. The predicted molar refractivity (Wildman–Crippen MR) is 91.9 cm³/mol. The molecule has 1 amide bonds. The minimum absolute atomic E-state index is 0.0171. The Bertz CT molecular complexity index is 696. The van der Waals surface area contributed by atoms with Crippen molar-refractivity contribution < 1.29 is 4.79 Å². The first-order valence-electron chi connectivity index (χ1n) is 7.62. The summed E-state index contributed by atoms with van der Waals surface area (Å²) in [6, 6.07) is 6.05. The van der Waals surface area contributed by atoms with Gasteiger partial charge >= 0.3 is 0 Å². The van der Waals surface area contributed by atoms with Crippen LogP contribution in [0.5, 0.6) is 0 Å². The molecular formula is C16H23N5OS. The lowest BCUT2D eigenvalue weighted by molar-refractivity contribution is -0.120. The summed E-state index contributed by atoms with van der Waals surface area (Å²) in [5.41, 5.74) is 3.10. The van der Waals surface area contributed by atoms with Gasteiger partial charge in [-0.15, -0.1) is 5.10 Å². The van der Waals surface area contributed by atoms with Crippen LogP contribution in [0.25, 0.3) is 5.69 Å². The van der Waals surface area contributed by atoms with Crippen LogP contribution >= 0.6 is 11.8 Å². The van der Waals surface area contributed by atoms with Crippen molar-refractivity contribution in [1.29, 1.82) is 0 Å². The van der Waals surface area contributed by atoms with Gasteiger partial charge in [-0.25, -0.2) is 0 Å². The molecule has 1 aromatic carbocycles. The molecule has 1 aromatic heterocycles. The number of nitrogens with zero attached hydrogens (tertiary/aromatic N) is 4. The van der Waals surface area contributed by atoms with Crippen LogP contribution in [0.4, 0.5) is 0 Å². The molecule has 23 heavy (non-hydrogen) atoms. The molecule has 0 saturated carbocycles. The SMILES string of the molecule is CCC(C)(C)NC(=O)CSc1nnnn1-c1ccc(C)c(C)c1. The average Bonchev–Trinajstić information content (AvgIpc) is 2.96. The number of aryl methyl sites for hydroxylation is 2. The van der Waals surface area contributed by atoms with Crippen LogP contribution in [0.1, 0.15) is 38.3 Å². The minimum atomic E-state index is -0.197. The van der Waals surface area contributed by atoms with Gasteiger partial charge in [-0.2, -0.15) is 4.68 Å². The summed E-state index contributed by atoms with van der Waals surface area (Å²) in [6.45, 7) is 10.2. The van der Waals surface area contributed by atoms with Gasteiger partial charge in [0.1, 0.15) is 0 Å². The second kappa shape index (κ2) is 7.12. The molecule has 0 spiro atoms. The molecule has 0 atom stereocenters. The molecule has 124 valence electrons. The van der Waals surface area contributed by atoms with Gasteiger partial charge in [-0.3, -0.25) is 4.79 Å². The van der Waals surface area contributed by atoms with Crippen molar-refractivity contribution in [3.05, 3.63) is 29.3 Å². The van der Waals surface area contributed by atoms with Gasteiger partial charge in [-0.1, -0.05) is 24.8 Å². The van der Waals surface area contributed by atoms with Crippen LogP contribution in [0.2, 0.25) is 0 Å². The molecule has 0 fully saturated rings. The summed E-state index contributed by atoms with van der Waals surface area (Å²) in [6.07, 6.45) is 0.879. The van der Waals surface area contributed by atoms with Crippen LogP contribution in [0.15, 0.2) is 23.4 Å². The lowest BCUT2D eigenvalue weighted by Crippen LogP contribution is -2.43. The number of thioether (sulfide) groups is 1. The first-order valence-corrected chi connectivity index (χ1v) is 8.61. The van der Waals surface area contributed by atoms with Gasteiger partial charge in [0.25, 0.3) is 0 Å². The van der Waals surface area contributed by atoms with Gasteiger partial charge in [-0.05, 0) is 67.8 Å². The molecule has 0 unspecified atom stereocenters. The van der Waals surface area contributed by atoms with Crippen LogP contribution in [0, 0.1) is 13.8 Å². The molecule has 0 radical (unpaired) electrons. The van der Waals surface area contributed by atoms with E-state index in [9.17, 15) is 4.79 Å². The third-order valence-electron chi connectivity index (χ3n) is 3.87. The van der Waals surface area contributed by atoms with Crippen molar-refractivity contribution >= 4 is 17.7 Å². The zero-order chi connectivity index (χ0) is 17.0. The standard InChI is InChI=1S/C16H23N5OS/c1-6-16(4,5)17-14(22)10-23-15-18-19-20-21(15)13-8-7-11(2)12(3)9-13/h7-9H,6,10H2,1-5H3,(H,17,22). The second-order valence-electron chi connectivity index (χ2n) is 6.22. The fourth-order valence-electron chi connectivity index (χ4n) is 1.92. The monoisotopic (exact) mass is 333 g/mol. The maximum absolute atomic E-state index is 12.0. The van der Waals surface area contributed by atoms with E-state index in [1.54, 1.807) is 4.68 Å². The number of hydrogen-bond donors (Lipinski definition) is 1. The molecule has 6 nitrogen and oxygen atoms in total. The van der Waals surface area contributed by atoms with E-state index in [0.717, 1.165) is 12.1 Å². The van der Waals surface area contributed by atoms with Gasteiger partial charge in [0, 0.05) is 5.54 Å². The number of aromatic nitrogens is 4. The van der Waals surface area contributed by atoms with Crippen molar-refractivity contribution in [2.45, 2.75) is 51.7 Å². The smallest absolute Gasteiger partial charge is 0.230 e. The third kappa shape index (κ3) is 4.54. The van der Waals surface area contributed by atoms with Crippen molar-refractivity contribution in [3.63, 3.8) is 0 Å². The molecule has 0 saturated heterocycles. The van der Waals surface area contributed by atoms with Crippen molar-refractivity contribution in [1.82, 2.24) is 25.5 Å². The summed E-state index contributed by atoms with van der Waals surface area (Å²) in [5, 5.41) is 15.4. The highest BCUT2D eigenvalue weighted by atomic mass is 32.2. The van der Waals surface area contributed by atoms with Crippen molar-refractivity contribution in [3.8, 4) is 5.69 Å². The Kier molecular flexibility index (Phi) is 5.41. The Hall–Kier alpha value is -1.89. The topological polar surface area (TPSA) is 72.7 Å². The van der Waals surface area contributed by atoms with E-state index in [1.165, 1.54) is 22.9 Å². The summed E-state index contributed by atoms with van der Waals surface area (Å²) in [7, 11) is 0. The van der Waals surface area contributed by atoms with Gasteiger partial charge in [0.2, 0.25) is 11.1 Å². The summed E-state index contributed by atoms with van der Waals surface area (Å²) < 4.78 is 1.66. The van der Waals surface area contributed by atoms with Gasteiger partial charge in [0.05, 0.1) is 11.4 Å². The quantitative estimate of drug-likeness (QED) is 0.823. The summed E-state index contributed by atoms with van der Waals surface area (Å²) >= 11 is 1.33. The second-order valence-corrected chi connectivity index (χ2v) is 7.16. The number of carbonyl (C=O) groups is 1. The lowest BCUT2D eigenvalue weighted by atomic mass is 10.0. The largest absolute Gasteiger partial charge is 0.351 e. The predicted octanol–water partition coefficient (Wildman–Crippen LogP) is 2.68. The number of amides is 1.